The summed E-state index contributed by atoms with van der Waals surface area (Å²) in [6, 6.07) is 0. The van der Waals surface area contributed by atoms with Gasteiger partial charge in [-0.15, -0.1) is 5.10 Å². The van der Waals surface area contributed by atoms with Crippen LogP contribution >= 0.6 is 27.5 Å². The number of nitrogens with zero attached hydrogens (tertiary/aromatic N) is 2. The minimum absolute atomic E-state index is 0.0646. The molecule has 0 saturated heterocycles. The Hall–Kier alpha value is -0.490. The summed E-state index contributed by atoms with van der Waals surface area (Å²) >= 11 is 4.61. The van der Waals surface area contributed by atoms with Crippen LogP contribution in [0.15, 0.2) is 0 Å². The quantitative estimate of drug-likeness (QED) is 0.829. The summed E-state index contributed by atoms with van der Waals surface area (Å²) in [5.41, 5.74) is 0.407. The van der Waals surface area contributed by atoms with E-state index in [1.54, 1.807) is 0 Å². The molecule has 0 aliphatic rings. The molecular weight excluding hydrogens is 326 g/mol. The van der Waals surface area contributed by atoms with Crippen LogP contribution < -0.4 is 5.32 Å². The maximum Gasteiger partial charge on any atom is 0.265 e. The number of carbonyl (C=O) groups is 1. The third-order valence-corrected chi connectivity index (χ3v) is 4.37. The zero-order valence-electron chi connectivity index (χ0n) is 12.2. The molecule has 1 atom stereocenters. The molecular formula is C13H22BrN3OS. The van der Waals surface area contributed by atoms with Gasteiger partial charge in [0.1, 0.15) is 4.88 Å². The highest BCUT2D eigenvalue weighted by Gasteiger charge is 2.30. The maximum absolute atomic E-state index is 12.4. The Kier molecular flexibility index (Phi) is 5.50. The highest BCUT2D eigenvalue weighted by molar-refractivity contribution is 9.09. The Morgan fingerprint density at radius 2 is 2.00 bits per heavy atom. The zero-order chi connectivity index (χ0) is 14.7. The molecule has 108 valence electrons. The molecule has 1 heterocycles. The molecule has 0 aliphatic carbocycles. The standard InChI is InChI=1S/C13H22BrN3OS/c1-6-13(5,7-8-14)15-11(18)9-10(12(2,3)4)16-17-19-9/h6-8H2,1-5H3,(H,15,18). The molecule has 0 radical (unpaired) electrons. The van der Waals surface area contributed by atoms with Gasteiger partial charge in [-0.25, -0.2) is 0 Å². The van der Waals surface area contributed by atoms with Gasteiger partial charge in [0.15, 0.2) is 0 Å². The van der Waals surface area contributed by atoms with Crippen molar-refractivity contribution in [3.05, 3.63) is 10.6 Å². The van der Waals surface area contributed by atoms with Crippen LogP contribution in [0.4, 0.5) is 0 Å². The summed E-state index contributed by atoms with van der Waals surface area (Å²) in [4.78, 5) is 13.1. The van der Waals surface area contributed by atoms with E-state index in [1.165, 1.54) is 11.5 Å². The van der Waals surface area contributed by atoms with Crippen molar-refractivity contribution in [3.8, 4) is 0 Å². The van der Waals surface area contributed by atoms with Crippen molar-refractivity contribution in [1.82, 2.24) is 14.9 Å². The summed E-state index contributed by atoms with van der Waals surface area (Å²) in [6.07, 6.45) is 1.79. The van der Waals surface area contributed by atoms with Crippen molar-refractivity contribution in [2.24, 2.45) is 0 Å². The number of hydrogen-bond donors (Lipinski definition) is 1. The molecule has 1 aromatic heterocycles. The van der Waals surface area contributed by atoms with E-state index >= 15 is 0 Å². The van der Waals surface area contributed by atoms with Crippen LogP contribution in [0, 0.1) is 0 Å². The molecule has 1 rings (SSSR count). The fourth-order valence-electron chi connectivity index (χ4n) is 1.70. The van der Waals surface area contributed by atoms with E-state index in [0.717, 1.165) is 23.9 Å². The third kappa shape index (κ3) is 4.24. The fourth-order valence-corrected chi connectivity index (χ4v) is 3.34. The average molecular weight is 348 g/mol. The Bertz CT molecular complexity index is 441. The lowest BCUT2D eigenvalue weighted by molar-refractivity contribution is 0.0903. The fraction of sp³-hybridized carbons (Fsp3) is 0.769. The topological polar surface area (TPSA) is 54.9 Å². The van der Waals surface area contributed by atoms with Gasteiger partial charge in [0.2, 0.25) is 0 Å². The van der Waals surface area contributed by atoms with Gasteiger partial charge in [-0.1, -0.05) is 48.1 Å². The number of alkyl halides is 1. The number of hydrogen-bond acceptors (Lipinski definition) is 4. The van der Waals surface area contributed by atoms with Crippen LogP contribution in [0.1, 0.15) is 62.8 Å². The molecule has 1 N–H and O–H groups in total. The molecule has 1 unspecified atom stereocenters. The summed E-state index contributed by atoms with van der Waals surface area (Å²) < 4.78 is 3.93. The number of nitrogens with one attached hydrogen (secondary N) is 1. The first-order chi connectivity index (χ1) is 8.73. The second kappa shape index (κ2) is 6.31. The lowest BCUT2D eigenvalue weighted by Gasteiger charge is -2.29. The monoisotopic (exact) mass is 347 g/mol. The largest absolute Gasteiger partial charge is 0.346 e. The van der Waals surface area contributed by atoms with Crippen LogP contribution in [-0.2, 0) is 5.41 Å². The predicted octanol–water partition coefficient (Wildman–Crippen LogP) is 3.52. The molecule has 0 aromatic carbocycles. The van der Waals surface area contributed by atoms with E-state index in [4.69, 9.17) is 0 Å². The van der Waals surface area contributed by atoms with E-state index in [2.05, 4.69) is 44.7 Å². The second-order valence-electron chi connectivity index (χ2n) is 6.01. The number of aromatic nitrogens is 2. The van der Waals surface area contributed by atoms with Crippen molar-refractivity contribution in [2.45, 2.75) is 58.4 Å². The normalized spacial score (nSPS) is 15.1. The third-order valence-electron chi connectivity index (χ3n) is 3.25. The van der Waals surface area contributed by atoms with E-state index in [-0.39, 0.29) is 16.9 Å². The molecule has 0 bridgehead atoms. The van der Waals surface area contributed by atoms with Crippen LogP contribution in [-0.4, -0.2) is 26.4 Å². The lowest BCUT2D eigenvalue weighted by atomic mass is 9.90. The summed E-state index contributed by atoms with van der Waals surface area (Å²) in [7, 11) is 0. The molecule has 1 amide bonds. The molecule has 4 nitrogen and oxygen atoms in total. The molecule has 0 aliphatic heterocycles. The van der Waals surface area contributed by atoms with Gasteiger partial charge in [0.25, 0.3) is 5.91 Å². The second-order valence-corrected chi connectivity index (χ2v) is 7.56. The van der Waals surface area contributed by atoms with Crippen molar-refractivity contribution >= 4 is 33.4 Å². The number of rotatable bonds is 5. The molecule has 0 fully saturated rings. The van der Waals surface area contributed by atoms with Gasteiger partial charge in [-0.2, -0.15) is 0 Å². The minimum Gasteiger partial charge on any atom is -0.346 e. The first-order valence-electron chi connectivity index (χ1n) is 6.45. The van der Waals surface area contributed by atoms with Gasteiger partial charge in [-0.05, 0) is 31.3 Å². The number of amides is 1. The van der Waals surface area contributed by atoms with Gasteiger partial charge in [0, 0.05) is 16.3 Å². The Labute approximate surface area is 127 Å². The van der Waals surface area contributed by atoms with E-state index < -0.39 is 0 Å². The number of carbonyl (C=O) groups excluding carboxylic acids is 1. The smallest absolute Gasteiger partial charge is 0.265 e. The predicted molar refractivity (Wildman–Crippen MR) is 83.2 cm³/mol. The molecule has 6 heteroatoms. The summed E-state index contributed by atoms with van der Waals surface area (Å²) in [5, 5.41) is 8.09. The van der Waals surface area contributed by atoms with Crippen LogP contribution in [0.3, 0.4) is 0 Å². The van der Waals surface area contributed by atoms with Crippen molar-refractivity contribution in [2.75, 3.05) is 5.33 Å². The summed E-state index contributed by atoms with van der Waals surface area (Å²) in [5.74, 6) is -0.0646. The van der Waals surface area contributed by atoms with Crippen molar-refractivity contribution < 1.29 is 4.79 Å². The first kappa shape index (κ1) is 16.6. The van der Waals surface area contributed by atoms with Crippen molar-refractivity contribution in [1.29, 1.82) is 0 Å². The van der Waals surface area contributed by atoms with Gasteiger partial charge in [-0.3, -0.25) is 4.79 Å². The van der Waals surface area contributed by atoms with Crippen LogP contribution in [0.2, 0.25) is 0 Å². The minimum atomic E-state index is -0.195. The van der Waals surface area contributed by atoms with Gasteiger partial charge in [0.05, 0.1) is 5.69 Å². The SMILES string of the molecule is CCC(C)(CCBr)NC(=O)c1snnc1C(C)(C)C. The number of halogens is 1. The lowest BCUT2D eigenvalue weighted by Crippen LogP contribution is -2.46. The van der Waals surface area contributed by atoms with Crippen LogP contribution in [0.5, 0.6) is 0 Å². The maximum atomic E-state index is 12.4. The molecule has 0 spiro atoms. The Morgan fingerprint density at radius 3 is 2.47 bits per heavy atom. The van der Waals surface area contributed by atoms with E-state index in [1.807, 2.05) is 20.8 Å². The molecule has 19 heavy (non-hydrogen) atoms. The average Bonchev–Trinajstić information content (AvgIpc) is 2.77. The zero-order valence-corrected chi connectivity index (χ0v) is 14.6. The van der Waals surface area contributed by atoms with E-state index in [0.29, 0.717) is 4.88 Å². The van der Waals surface area contributed by atoms with Gasteiger partial charge < -0.3 is 5.32 Å². The van der Waals surface area contributed by atoms with E-state index in [9.17, 15) is 4.79 Å². The highest BCUT2D eigenvalue weighted by atomic mass is 79.9. The molecule has 0 saturated carbocycles. The molecule has 1 aromatic rings. The van der Waals surface area contributed by atoms with Gasteiger partial charge >= 0.3 is 0 Å². The Morgan fingerprint density at radius 1 is 1.37 bits per heavy atom. The highest BCUT2D eigenvalue weighted by Crippen LogP contribution is 2.26. The first-order valence-corrected chi connectivity index (χ1v) is 8.34. The van der Waals surface area contributed by atoms with Crippen molar-refractivity contribution in [3.63, 3.8) is 0 Å². The van der Waals surface area contributed by atoms with Crippen LogP contribution in [0.25, 0.3) is 0 Å². The summed E-state index contributed by atoms with van der Waals surface area (Å²) in [6.45, 7) is 10.3. The Balaban J connectivity index is 2.93.